The lowest BCUT2D eigenvalue weighted by Gasteiger charge is -2.08. The van der Waals surface area contributed by atoms with Crippen molar-refractivity contribution in [3.8, 4) is 0 Å². The van der Waals surface area contributed by atoms with Crippen LogP contribution in [0.4, 0.5) is 0 Å². The molecule has 13 heavy (non-hydrogen) atoms. The number of aromatic nitrogens is 2. The molecule has 0 fully saturated rings. The van der Waals surface area contributed by atoms with E-state index in [1.165, 1.54) is 18.6 Å². The quantitative estimate of drug-likeness (QED) is 0.666. The summed E-state index contributed by atoms with van der Waals surface area (Å²) in [6.45, 7) is 2.04. The topological polar surface area (TPSA) is 78.1 Å². The number of nitrogens with zero attached hydrogens (tertiary/aromatic N) is 2. The predicted molar refractivity (Wildman–Crippen MR) is 45.6 cm³/mol. The van der Waals surface area contributed by atoms with Crippen molar-refractivity contribution in [1.82, 2.24) is 9.97 Å². The first kappa shape index (κ1) is 9.60. The molecule has 0 aliphatic rings. The van der Waals surface area contributed by atoms with Crippen LogP contribution in [0.15, 0.2) is 18.6 Å². The van der Waals surface area contributed by atoms with Crippen LogP contribution in [0.2, 0.25) is 0 Å². The van der Waals surface area contributed by atoms with Crippen LogP contribution in [-0.2, 0) is 9.53 Å². The molecule has 0 unspecified atom stereocenters. The Labute approximate surface area is 75.9 Å². The second-order valence-electron chi connectivity index (χ2n) is 2.36. The summed E-state index contributed by atoms with van der Waals surface area (Å²) in [6.07, 6.45) is 4.44. The highest BCUT2D eigenvalue weighted by atomic mass is 16.5. The van der Waals surface area contributed by atoms with Crippen molar-refractivity contribution in [3.63, 3.8) is 0 Å². The van der Waals surface area contributed by atoms with E-state index in [1.54, 1.807) is 6.92 Å². The number of esters is 1. The number of carbonyl (C=O) groups excluding carboxylic acids is 1. The van der Waals surface area contributed by atoms with Crippen LogP contribution in [0.3, 0.4) is 0 Å². The van der Waals surface area contributed by atoms with Gasteiger partial charge in [-0.05, 0) is 6.92 Å². The Morgan fingerprint density at radius 1 is 1.69 bits per heavy atom. The lowest BCUT2D eigenvalue weighted by Crippen LogP contribution is -2.24. The van der Waals surface area contributed by atoms with E-state index in [-0.39, 0.29) is 0 Å². The Bertz CT molecular complexity index is 276. The third-order valence-electron chi connectivity index (χ3n) is 1.44. The van der Waals surface area contributed by atoms with Gasteiger partial charge in [-0.3, -0.25) is 9.97 Å². The van der Waals surface area contributed by atoms with E-state index in [1.807, 2.05) is 0 Å². The van der Waals surface area contributed by atoms with Crippen molar-refractivity contribution in [2.75, 3.05) is 6.61 Å². The van der Waals surface area contributed by atoms with E-state index >= 15 is 0 Å². The minimum absolute atomic E-state index is 0.312. The zero-order valence-electron chi connectivity index (χ0n) is 7.30. The second kappa shape index (κ2) is 4.51. The molecule has 5 heteroatoms. The first-order valence-corrected chi connectivity index (χ1v) is 3.93. The maximum Gasteiger partial charge on any atom is 0.329 e. The molecule has 5 nitrogen and oxygen atoms in total. The van der Waals surface area contributed by atoms with E-state index in [9.17, 15) is 4.79 Å². The van der Waals surface area contributed by atoms with Crippen LogP contribution in [0.25, 0.3) is 0 Å². The van der Waals surface area contributed by atoms with Crippen molar-refractivity contribution in [2.45, 2.75) is 13.0 Å². The molecule has 0 bridgehead atoms. The van der Waals surface area contributed by atoms with E-state index in [0.29, 0.717) is 12.3 Å². The van der Waals surface area contributed by atoms with Gasteiger partial charge in [0.15, 0.2) is 0 Å². The third kappa shape index (κ3) is 2.48. The Kier molecular flexibility index (Phi) is 3.33. The van der Waals surface area contributed by atoms with Gasteiger partial charge in [0.2, 0.25) is 0 Å². The van der Waals surface area contributed by atoms with Gasteiger partial charge in [-0.15, -0.1) is 0 Å². The van der Waals surface area contributed by atoms with Crippen LogP contribution >= 0.6 is 0 Å². The molecular weight excluding hydrogens is 170 g/mol. The van der Waals surface area contributed by atoms with Crippen molar-refractivity contribution < 1.29 is 9.53 Å². The van der Waals surface area contributed by atoms with Crippen LogP contribution in [0, 0.1) is 0 Å². The third-order valence-corrected chi connectivity index (χ3v) is 1.44. The van der Waals surface area contributed by atoms with E-state index in [4.69, 9.17) is 10.5 Å². The van der Waals surface area contributed by atoms with Gasteiger partial charge in [0.1, 0.15) is 6.04 Å². The summed E-state index contributed by atoms with van der Waals surface area (Å²) in [4.78, 5) is 18.8. The average molecular weight is 181 g/mol. The van der Waals surface area contributed by atoms with E-state index in [0.717, 1.165) is 0 Å². The molecule has 1 aromatic heterocycles. The largest absolute Gasteiger partial charge is 0.465 e. The molecule has 0 aliphatic carbocycles. The van der Waals surface area contributed by atoms with Gasteiger partial charge < -0.3 is 10.5 Å². The fraction of sp³-hybridized carbons (Fsp3) is 0.375. The Hall–Kier alpha value is -1.49. The number of carbonyl (C=O) groups is 1. The van der Waals surface area contributed by atoms with Gasteiger partial charge in [0.05, 0.1) is 18.5 Å². The first-order valence-electron chi connectivity index (χ1n) is 3.93. The average Bonchev–Trinajstić information content (AvgIpc) is 2.18. The van der Waals surface area contributed by atoms with Crippen molar-refractivity contribution in [3.05, 3.63) is 24.3 Å². The Balaban J connectivity index is 2.68. The number of rotatable bonds is 3. The first-order chi connectivity index (χ1) is 6.25. The fourth-order valence-corrected chi connectivity index (χ4v) is 0.824. The zero-order chi connectivity index (χ0) is 9.68. The predicted octanol–water partition coefficient (Wildman–Crippen LogP) is 0.0395. The number of ether oxygens (including phenoxy) is 1. The normalized spacial score (nSPS) is 12.2. The van der Waals surface area contributed by atoms with Gasteiger partial charge in [-0.25, -0.2) is 4.79 Å². The van der Waals surface area contributed by atoms with Crippen LogP contribution < -0.4 is 5.73 Å². The van der Waals surface area contributed by atoms with Crippen LogP contribution in [0.1, 0.15) is 18.7 Å². The summed E-state index contributed by atoms with van der Waals surface area (Å²) in [5, 5.41) is 0. The SMILES string of the molecule is CCOC(=O)[C@@H](N)c1cnccn1. The molecule has 1 rings (SSSR count). The van der Waals surface area contributed by atoms with Gasteiger partial charge in [0.25, 0.3) is 0 Å². The molecule has 0 aliphatic heterocycles. The fourth-order valence-electron chi connectivity index (χ4n) is 0.824. The summed E-state index contributed by atoms with van der Waals surface area (Å²) in [7, 11) is 0. The lowest BCUT2D eigenvalue weighted by atomic mass is 10.2. The summed E-state index contributed by atoms with van der Waals surface area (Å²) in [5.74, 6) is -0.483. The van der Waals surface area contributed by atoms with Crippen molar-refractivity contribution >= 4 is 5.97 Å². The van der Waals surface area contributed by atoms with Gasteiger partial charge in [-0.1, -0.05) is 0 Å². The van der Waals surface area contributed by atoms with Crippen molar-refractivity contribution in [1.29, 1.82) is 0 Å². The number of hydrogen-bond acceptors (Lipinski definition) is 5. The van der Waals surface area contributed by atoms with Gasteiger partial charge in [-0.2, -0.15) is 0 Å². The monoisotopic (exact) mass is 181 g/mol. The van der Waals surface area contributed by atoms with Crippen LogP contribution in [0.5, 0.6) is 0 Å². The standard InChI is InChI=1S/C8H11N3O2/c1-2-13-8(12)7(9)6-5-10-3-4-11-6/h3-5,7H,2,9H2,1H3/t7-/m0/s1. The molecule has 0 amide bonds. The molecule has 1 atom stereocenters. The maximum absolute atomic E-state index is 11.1. The molecule has 1 aromatic rings. The number of hydrogen-bond donors (Lipinski definition) is 1. The summed E-state index contributed by atoms with van der Waals surface area (Å²) in [5.41, 5.74) is 5.97. The second-order valence-corrected chi connectivity index (χ2v) is 2.36. The summed E-state index contributed by atoms with van der Waals surface area (Å²) < 4.78 is 4.73. The van der Waals surface area contributed by atoms with Gasteiger partial charge in [0, 0.05) is 12.4 Å². The maximum atomic E-state index is 11.1. The molecule has 70 valence electrons. The Morgan fingerprint density at radius 2 is 2.46 bits per heavy atom. The molecule has 0 saturated heterocycles. The molecule has 0 spiro atoms. The summed E-state index contributed by atoms with van der Waals surface area (Å²) in [6, 6.07) is -0.839. The van der Waals surface area contributed by atoms with E-state index in [2.05, 4.69) is 9.97 Å². The highest BCUT2D eigenvalue weighted by molar-refractivity contribution is 5.76. The molecule has 0 aromatic carbocycles. The zero-order valence-corrected chi connectivity index (χ0v) is 7.30. The smallest absolute Gasteiger partial charge is 0.329 e. The van der Waals surface area contributed by atoms with Crippen LogP contribution in [-0.4, -0.2) is 22.5 Å². The highest BCUT2D eigenvalue weighted by Gasteiger charge is 2.17. The Morgan fingerprint density at radius 3 is 3.00 bits per heavy atom. The molecule has 0 radical (unpaired) electrons. The molecule has 2 N–H and O–H groups in total. The minimum atomic E-state index is -0.839. The van der Waals surface area contributed by atoms with E-state index < -0.39 is 12.0 Å². The molecule has 0 saturated carbocycles. The molecule has 1 heterocycles. The summed E-state index contributed by atoms with van der Waals surface area (Å²) >= 11 is 0. The van der Waals surface area contributed by atoms with Gasteiger partial charge >= 0.3 is 5.97 Å². The van der Waals surface area contributed by atoms with Crippen molar-refractivity contribution in [2.24, 2.45) is 5.73 Å². The number of nitrogens with two attached hydrogens (primary N) is 1. The minimum Gasteiger partial charge on any atom is -0.465 e. The lowest BCUT2D eigenvalue weighted by molar-refractivity contribution is -0.144. The molecular formula is C8H11N3O2. The highest BCUT2D eigenvalue weighted by Crippen LogP contribution is 2.05.